The lowest BCUT2D eigenvalue weighted by Crippen LogP contribution is -1.92. The normalized spacial score (nSPS) is 17.2. The number of hydrogen-bond donors (Lipinski definition) is 0. The first-order valence-electron chi connectivity index (χ1n) is 7.49. The molecule has 0 aliphatic heterocycles. The van der Waals surface area contributed by atoms with Gasteiger partial charge in [0.1, 0.15) is 0 Å². The summed E-state index contributed by atoms with van der Waals surface area (Å²) in [7, 11) is 0. The van der Waals surface area contributed by atoms with Gasteiger partial charge < -0.3 is 0 Å². The molecule has 0 atom stereocenters. The van der Waals surface area contributed by atoms with Crippen molar-refractivity contribution in [2.45, 2.75) is 40.5 Å². The van der Waals surface area contributed by atoms with E-state index in [0.29, 0.717) is 0 Å². The fourth-order valence-electron chi connectivity index (χ4n) is 3.87. The third kappa shape index (κ3) is 1.37. The van der Waals surface area contributed by atoms with Gasteiger partial charge in [0.25, 0.3) is 0 Å². The van der Waals surface area contributed by atoms with Gasteiger partial charge in [-0.05, 0) is 84.7 Å². The maximum Gasteiger partial charge on any atom is -0.00517 e. The summed E-state index contributed by atoms with van der Waals surface area (Å²) in [6.07, 6.45) is 2.26. The summed E-state index contributed by atoms with van der Waals surface area (Å²) in [5, 5.41) is 2.94. The highest BCUT2D eigenvalue weighted by molar-refractivity contribution is 5.98. The van der Waals surface area contributed by atoms with Gasteiger partial charge in [-0.3, -0.25) is 0 Å². The molecule has 0 bridgehead atoms. The Morgan fingerprint density at radius 2 is 1.00 bits per heavy atom. The molecule has 100 valence electrons. The molecule has 2 aromatic carbocycles. The van der Waals surface area contributed by atoms with Gasteiger partial charge in [-0.25, -0.2) is 0 Å². The number of fused-ring (bicyclic) bond motifs is 5. The SMILES string of the molecule is CC1=C(C)c2ccc3c4c(ccc3c2C1)C(C)=C(C)C4. The Labute approximate surface area is 120 Å². The summed E-state index contributed by atoms with van der Waals surface area (Å²) in [6, 6.07) is 9.38. The van der Waals surface area contributed by atoms with Crippen molar-refractivity contribution in [2.24, 2.45) is 0 Å². The van der Waals surface area contributed by atoms with Gasteiger partial charge in [0.2, 0.25) is 0 Å². The van der Waals surface area contributed by atoms with E-state index in [2.05, 4.69) is 52.0 Å². The molecule has 0 spiro atoms. The highest BCUT2D eigenvalue weighted by atomic mass is 14.3. The van der Waals surface area contributed by atoms with Crippen LogP contribution >= 0.6 is 0 Å². The van der Waals surface area contributed by atoms with Gasteiger partial charge >= 0.3 is 0 Å². The summed E-state index contributed by atoms with van der Waals surface area (Å²) in [6.45, 7) is 9.06. The highest BCUT2D eigenvalue weighted by Gasteiger charge is 2.22. The van der Waals surface area contributed by atoms with E-state index in [9.17, 15) is 0 Å². The van der Waals surface area contributed by atoms with Crippen molar-refractivity contribution in [3.8, 4) is 0 Å². The highest BCUT2D eigenvalue weighted by Crippen LogP contribution is 2.42. The number of allylic oxidation sites excluding steroid dienone is 4. The van der Waals surface area contributed by atoms with Crippen LogP contribution in [0.4, 0.5) is 0 Å². The monoisotopic (exact) mass is 260 g/mol. The van der Waals surface area contributed by atoms with E-state index >= 15 is 0 Å². The molecule has 2 aromatic rings. The molecule has 0 heteroatoms. The topological polar surface area (TPSA) is 0 Å². The average Bonchev–Trinajstić information content (AvgIpc) is 2.89. The summed E-state index contributed by atoms with van der Waals surface area (Å²) in [5.41, 5.74) is 12.0. The minimum atomic E-state index is 1.13. The second kappa shape index (κ2) is 3.85. The van der Waals surface area contributed by atoms with Crippen LogP contribution in [-0.4, -0.2) is 0 Å². The molecule has 0 N–H and O–H groups in total. The van der Waals surface area contributed by atoms with Crippen molar-refractivity contribution in [2.75, 3.05) is 0 Å². The average molecular weight is 260 g/mol. The number of hydrogen-bond acceptors (Lipinski definition) is 0. The maximum atomic E-state index is 2.35. The predicted molar refractivity (Wildman–Crippen MR) is 87.9 cm³/mol. The van der Waals surface area contributed by atoms with Crippen LogP contribution in [-0.2, 0) is 12.8 Å². The van der Waals surface area contributed by atoms with Crippen molar-refractivity contribution in [3.05, 3.63) is 57.7 Å². The fraction of sp³-hybridized carbons (Fsp3) is 0.300. The van der Waals surface area contributed by atoms with Gasteiger partial charge in [0, 0.05) is 0 Å². The molecule has 0 saturated heterocycles. The lowest BCUT2D eigenvalue weighted by Gasteiger charge is -2.11. The van der Waals surface area contributed by atoms with Gasteiger partial charge in [-0.15, -0.1) is 0 Å². The van der Waals surface area contributed by atoms with Crippen molar-refractivity contribution < 1.29 is 0 Å². The Morgan fingerprint density at radius 1 is 0.600 bits per heavy atom. The van der Waals surface area contributed by atoms with Crippen LogP contribution < -0.4 is 0 Å². The molecule has 2 aliphatic rings. The van der Waals surface area contributed by atoms with Crippen LogP contribution in [0.25, 0.3) is 21.9 Å². The minimum Gasteiger partial charge on any atom is -0.0654 e. The van der Waals surface area contributed by atoms with Crippen molar-refractivity contribution in [1.82, 2.24) is 0 Å². The Bertz CT molecular complexity index is 757. The fourth-order valence-corrected chi connectivity index (χ4v) is 3.87. The second-order valence-corrected chi connectivity index (χ2v) is 6.44. The van der Waals surface area contributed by atoms with Crippen molar-refractivity contribution in [1.29, 1.82) is 0 Å². The van der Waals surface area contributed by atoms with Gasteiger partial charge in [0.05, 0.1) is 0 Å². The largest absolute Gasteiger partial charge is 0.0654 e. The summed E-state index contributed by atoms with van der Waals surface area (Å²) < 4.78 is 0. The zero-order valence-corrected chi connectivity index (χ0v) is 12.7. The molecular formula is C20H20. The first-order valence-corrected chi connectivity index (χ1v) is 7.49. The lowest BCUT2D eigenvalue weighted by atomic mass is 9.93. The molecule has 0 nitrogen and oxygen atoms in total. The van der Waals surface area contributed by atoms with Gasteiger partial charge in [-0.1, -0.05) is 35.4 Å². The molecule has 0 amide bonds. The molecule has 0 aromatic heterocycles. The van der Waals surface area contributed by atoms with Gasteiger partial charge in [-0.2, -0.15) is 0 Å². The molecule has 4 rings (SSSR count). The summed E-state index contributed by atoms with van der Waals surface area (Å²) in [5.74, 6) is 0. The van der Waals surface area contributed by atoms with E-state index in [4.69, 9.17) is 0 Å². The molecule has 20 heavy (non-hydrogen) atoms. The Morgan fingerprint density at radius 3 is 1.40 bits per heavy atom. The molecule has 0 saturated carbocycles. The van der Waals surface area contributed by atoms with Crippen LogP contribution in [0.3, 0.4) is 0 Å². The van der Waals surface area contributed by atoms with Crippen molar-refractivity contribution in [3.63, 3.8) is 0 Å². The number of benzene rings is 2. The van der Waals surface area contributed by atoms with Crippen LogP contribution in [0.1, 0.15) is 49.9 Å². The molecule has 0 unspecified atom stereocenters. The third-order valence-corrected chi connectivity index (χ3v) is 5.40. The van der Waals surface area contributed by atoms with E-state index in [0.717, 1.165) is 12.8 Å². The Balaban J connectivity index is 2.02. The molecule has 0 fully saturated rings. The van der Waals surface area contributed by atoms with E-state index in [1.807, 2.05) is 0 Å². The van der Waals surface area contributed by atoms with Crippen LogP contribution in [0.5, 0.6) is 0 Å². The maximum absolute atomic E-state index is 2.35. The van der Waals surface area contributed by atoms with Gasteiger partial charge in [0.15, 0.2) is 0 Å². The Hall–Kier alpha value is -1.82. The van der Waals surface area contributed by atoms with Crippen LogP contribution in [0, 0.1) is 0 Å². The Kier molecular flexibility index (Phi) is 2.30. The standard InChI is InChI=1S/C20H20/c1-11-9-19-15(13(11)3)5-7-18-17(19)8-6-16-14(4)12(2)10-20(16)18/h5-8H,9-10H2,1-4H3. The smallest absolute Gasteiger partial charge is 0.00517 e. The zero-order valence-electron chi connectivity index (χ0n) is 12.7. The third-order valence-electron chi connectivity index (χ3n) is 5.40. The van der Waals surface area contributed by atoms with E-state index in [1.54, 1.807) is 11.1 Å². The summed E-state index contributed by atoms with van der Waals surface area (Å²) in [4.78, 5) is 0. The van der Waals surface area contributed by atoms with Crippen molar-refractivity contribution >= 4 is 21.9 Å². The molecule has 0 heterocycles. The molecular weight excluding hydrogens is 240 g/mol. The van der Waals surface area contributed by atoms with E-state index < -0.39 is 0 Å². The zero-order chi connectivity index (χ0) is 14.0. The quantitative estimate of drug-likeness (QED) is 0.583. The molecule has 0 radical (unpaired) electrons. The second-order valence-electron chi connectivity index (χ2n) is 6.44. The summed E-state index contributed by atoms with van der Waals surface area (Å²) >= 11 is 0. The van der Waals surface area contributed by atoms with Crippen LogP contribution in [0.2, 0.25) is 0 Å². The van der Waals surface area contributed by atoms with E-state index in [-0.39, 0.29) is 0 Å². The minimum absolute atomic E-state index is 1.13. The predicted octanol–water partition coefficient (Wildman–Crippen LogP) is 5.54. The first-order chi connectivity index (χ1) is 9.58. The van der Waals surface area contributed by atoms with Crippen LogP contribution in [0.15, 0.2) is 35.4 Å². The number of rotatable bonds is 0. The lowest BCUT2D eigenvalue weighted by molar-refractivity contribution is 1.19. The van der Waals surface area contributed by atoms with E-state index in [1.165, 1.54) is 44.2 Å². The first kappa shape index (κ1) is 12.0. The molecule has 2 aliphatic carbocycles.